The lowest BCUT2D eigenvalue weighted by molar-refractivity contribution is 0.806. The van der Waals surface area contributed by atoms with Gasteiger partial charge >= 0.3 is 0 Å². The summed E-state index contributed by atoms with van der Waals surface area (Å²) in [6.07, 6.45) is 0. The quantitative estimate of drug-likeness (QED) is 0.284. The van der Waals surface area contributed by atoms with E-state index in [0.717, 1.165) is 4.90 Å². The Morgan fingerprint density at radius 1 is 0.432 bits per heavy atom. The normalized spacial score (nSPS) is 12.3. The predicted molar refractivity (Wildman–Crippen MR) is 169 cm³/mol. The van der Waals surface area contributed by atoms with Crippen LogP contribution in [0.1, 0.15) is 152 Å². The topological polar surface area (TPSA) is 0 Å². The maximum Gasteiger partial charge on any atom is 0.0198 e. The first-order valence-corrected chi connectivity index (χ1v) is 14.9. The molecule has 3 rings (SSSR count). The second-order valence-electron chi connectivity index (χ2n) is 12.8. The Bertz CT molecular complexity index is 1090. The lowest BCUT2D eigenvalue weighted by Crippen LogP contribution is -2.06. The smallest absolute Gasteiger partial charge is 0.0198 e. The van der Waals surface area contributed by atoms with Crippen molar-refractivity contribution in [3.63, 3.8) is 0 Å². The van der Waals surface area contributed by atoms with Gasteiger partial charge in [-0.3, -0.25) is 0 Å². The maximum atomic E-state index is 5.33. The fourth-order valence-electron chi connectivity index (χ4n) is 5.48. The summed E-state index contributed by atoms with van der Waals surface area (Å²) in [5.41, 5.74) is 13.9. The molecule has 0 nitrogen and oxygen atoms in total. The zero-order valence-electron chi connectivity index (χ0n) is 25.5. The molecule has 0 amide bonds. The fourth-order valence-corrected chi connectivity index (χ4v) is 5.85. The Morgan fingerprint density at radius 3 is 0.919 bits per heavy atom. The Morgan fingerprint density at radius 2 is 0.703 bits per heavy atom. The number of rotatable bonds is 8. The van der Waals surface area contributed by atoms with Crippen LogP contribution in [0, 0.1) is 0 Å². The van der Waals surface area contributed by atoms with E-state index in [4.69, 9.17) is 12.6 Å². The van der Waals surface area contributed by atoms with Gasteiger partial charge < -0.3 is 0 Å². The molecule has 0 aliphatic carbocycles. The van der Waals surface area contributed by atoms with Gasteiger partial charge in [-0.25, -0.2) is 0 Å². The molecule has 200 valence electrons. The van der Waals surface area contributed by atoms with Gasteiger partial charge in [-0.05, 0) is 91.1 Å². The summed E-state index contributed by atoms with van der Waals surface area (Å²) in [6.45, 7) is 27.8. The van der Waals surface area contributed by atoms with Crippen LogP contribution < -0.4 is 0 Å². The van der Waals surface area contributed by atoms with Gasteiger partial charge in [0.25, 0.3) is 0 Å². The van der Waals surface area contributed by atoms with Crippen LogP contribution in [0.3, 0.4) is 0 Å². The van der Waals surface area contributed by atoms with E-state index < -0.39 is 0 Å². The van der Waals surface area contributed by atoms with Gasteiger partial charge in [-0.2, -0.15) is 0 Å². The highest BCUT2D eigenvalue weighted by atomic mass is 32.1. The average Bonchev–Trinajstić information content (AvgIpc) is 2.82. The highest BCUT2D eigenvalue weighted by Gasteiger charge is 2.24. The summed E-state index contributed by atoms with van der Waals surface area (Å²) in [6, 6.07) is 16.6. The molecule has 0 atom stereocenters. The molecule has 0 heterocycles. The molecule has 0 aliphatic rings. The van der Waals surface area contributed by atoms with E-state index in [0.29, 0.717) is 35.5 Å². The third-order valence-corrected chi connectivity index (χ3v) is 8.32. The van der Waals surface area contributed by atoms with Gasteiger partial charge in [0.15, 0.2) is 0 Å². The minimum Gasteiger partial charge on any atom is -0.142 e. The Labute approximate surface area is 233 Å². The lowest BCUT2D eigenvalue weighted by Gasteiger charge is -2.27. The van der Waals surface area contributed by atoms with Crippen molar-refractivity contribution in [2.45, 2.75) is 123 Å². The zero-order chi connectivity index (χ0) is 27.8. The molecule has 1 heteroatoms. The molecule has 0 aliphatic heterocycles. The van der Waals surface area contributed by atoms with Crippen LogP contribution in [0.25, 0.3) is 22.3 Å². The highest BCUT2D eigenvalue weighted by Crippen LogP contribution is 2.46. The first-order chi connectivity index (χ1) is 17.3. The van der Waals surface area contributed by atoms with E-state index in [1.807, 2.05) is 0 Å². The summed E-state index contributed by atoms with van der Waals surface area (Å²) in [5.74, 6) is 2.76. The highest BCUT2D eigenvalue weighted by molar-refractivity contribution is 7.80. The van der Waals surface area contributed by atoms with Crippen molar-refractivity contribution >= 4 is 12.6 Å². The first kappa shape index (κ1) is 29.6. The van der Waals surface area contributed by atoms with Crippen LogP contribution in [0.4, 0.5) is 0 Å². The molecular weight excluding hydrogens is 464 g/mol. The first-order valence-electron chi connectivity index (χ1n) is 14.4. The molecule has 0 aromatic heterocycles. The van der Waals surface area contributed by atoms with Crippen LogP contribution in [0.5, 0.6) is 0 Å². The van der Waals surface area contributed by atoms with Crippen LogP contribution in [0.15, 0.2) is 47.4 Å². The monoisotopic (exact) mass is 514 g/mol. The number of hydrogen-bond acceptors (Lipinski definition) is 1. The molecule has 3 aromatic carbocycles. The van der Waals surface area contributed by atoms with Crippen LogP contribution in [-0.4, -0.2) is 0 Å². The predicted octanol–water partition coefficient (Wildman–Crippen LogP) is 12.0. The van der Waals surface area contributed by atoms with E-state index in [9.17, 15) is 0 Å². The molecule has 0 saturated heterocycles. The Balaban J connectivity index is 2.44. The van der Waals surface area contributed by atoms with Crippen molar-refractivity contribution in [1.82, 2.24) is 0 Å². The Hall–Kier alpha value is -1.99. The number of thiol groups is 1. The third-order valence-electron chi connectivity index (χ3n) is 7.84. The van der Waals surface area contributed by atoms with Crippen molar-refractivity contribution in [1.29, 1.82) is 0 Å². The molecule has 0 saturated carbocycles. The number of benzene rings is 3. The minimum atomic E-state index is 0.436. The second kappa shape index (κ2) is 11.8. The largest absolute Gasteiger partial charge is 0.142 e. The summed E-state index contributed by atoms with van der Waals surface area (Å²) < 4.78 is 0. The van der Waals surface area contributed by atoms with Gasteiger partial charge in [0.1, 0.15) is 0 Å². The summed E-state index contributed by atoms with van der Waals surface area (Å²) in [4.78, 5) is 1.10. The van der Waals surface area contributed by atoms with E-state index in [2.05, 4.69) is 126 Å². The Kier molecular flexibility index (Phi) is 9.44. The van der Waals surface area contributed by atoms with E-state index in [1.54, 1.807) is 0 Å². The van der Waals surface area contributed by atoms with Gasteiger partial charge in [0.2, 0.25) is 0 Å². The van der Waals surface area contributed by atoms with Crippen LogP contribution in [0.2, 0.25) is 0 Å². The molecule has 0 unspecified atom stereocenters. The second-order valence-corrected chi connectivity index (χ2v) is 13.2. The van der Waals surface area contributed by atoms with Crippen molar-refractivity contribution in [2.75, 3.05) is 0 Å². The molecule has 0 radical (unpaired) electrons. The maximum absolute atomic E-state index is 5.33. The summed E-state index contributed by atoms with van der Waals surface area (Å²) in [5, 5.41) is 0. The average molecular weight is 515 g/mol. The fraction of sp³-hybridized carbons (Fsp3) is 0.500. The SMILES string of the molecule is CC(C)c1cc(C(C)C)c(-c2cccc(-c3c(C(C)C)cc(C(C)C)cc3C(C)C)c2S)c(C(C)C)c1. The molecule has 0 fully saturated rings. The molecule has 3 aromatic rings. The van der Waals surface area contributed by atoms with Crippen molar-refractivity contribution in [3.8, 4) is 22.3 Å². The van der Waals surface area contributed by atoms with Crippen molar-refractivity contribution < 1.29 is 0 Å². The van der Waals surface area contributed by atoms with Gasteiger partial charge in [-0.15, -0.1) is 12.6 Å². The third kappa shape index (κ3) is 6.03. The van der Waals surface area contributed by atoms with Gasteiger partial charge in [0, 0.05) is 4.90 Å². The van der Waals surface area contributed by atoms with Crippen LogP contribution in [-0.2, 0) is 0 Å². The van der Waals surface area contributed by atoms with E-state index in [1.165, 1.54) is 55.6 Å². The van der Waals surface area contributed by atoms with Crippen molar-refractivity contribution in [3.05, 3.63) is 75.8 Å². The molecular formula is C36H50S. The molecule has 0 spiro atoms. The molecule has 0 N–H and O–H groups in total. The minimum absolute atomic E-state index is 0.436. The number of hydrogen-bond donors (Lipinski definition) is 1. The van der Waals surface area contributed by atoms with Gasteiger partial charge in [0.05, 0.1) is 0 Å². The van der Waals surface area contributed by atoms with E-state index >= 15 is 0 Å². The lowest BCUT2D eigenvalue weighted by atomic mass is 9.79. The standard InChI is InChI=1S/C36H50S/c1-20(2)26-16-30(22(5)6)34(31(17-26)23(7)8)28-14-13-15-29(36(28)37)35-32(24(9)10)18-27(21(3)4)19-33(35)25(11)12/h13-25,37H,1-12H3. The molecule has 37 heavy (non-hydrogen) atoms. The zero-order valence-corrected chi connectivity index (χ0v) is 26.3. The van der Waals surface area contributed by atoms with Crippen molar-refractivity contribution in [2.24, 2.45) is 0 Å². The van der Waals surface area contributed by atoms with E-state index in [-0.39, 0.29) is 0 Å². The summed E-state index contributed by atoms with van der Waals surface area (Å²) >= 11 is 5.33. The molecule has 0 bridgehead atoms. The van der Waals surface area contributed by atoms with Crippen LogP contribution >= 0.6 is 12.6 Å². The summed E-state index contributed by atoms with van der Waals surface area (Å²) in [7, 11) is 0. The van der Waals surface area contributed by atoms with Gasteiger partial charge in [-0.1, -0.05) is 126 Å².